The van der Waals surface area contributed by atoms with Gasteiger partial charge < -0.3 is 0 Å². The Balaban J connectivity index is 1.97. The second-order valence-electron chi connectivity index (χ2n) is 5.57. The maximum atomic E-state index is 5.79. The van der Waals surface area contributed by atoms with E-state index in [9.17, 15) is 0 Å². The summed E-state index contributed by atoms with van der Waals surface area (Å²) in [4.78, 5) is 4.37. The molecule has 0 radical (unpaired) electrons. The van der Waals surface area contributed by atoms with E-state index >= 15 is 0 Å². The van der Waals surface area contributed by atoms with E-state index in [1.807, 2.05) is 4.68 Å². The van der Waals surface area contributed by atoms with Crippen molar-refractivity contribution in [2.24, 2.45) is 11.8 Å². The van der Waals surface area contributed by atoms with Crippen LogP contribution in [0.4, 0.5) is 0 Å². The van der Waals surface area contributed by atoms with Crippen molar-refractivity contribution < 1.29 is 0 Å². The number of hydrazine groups is 1. The first kappa shape index (κ1) is 14.5. The Hall–Kier alpha value is -0.940. The average molecular weight is 265 g/mol. The third-order valence-corrected chi connectivity index (χ3v) is 4.33. The Morgan fingerprint density at radius 2 is 2.00 bits per heavy atom. The Kier molecular flexibility index (Phi) is 5.79. The number of nitrogens with zero attached hydrogens (tertiary/aromatic N) is 3. The summed E-state index contributed by atoms with van der Waals surface area (Å²) >= 11 is 0. The highest BCUT2D eigenvalue weighted by Gasteiger charge is 2.23. The minimum absolute atomic E-state index is 0.326. The Labute approximate surface area is 115 Å². The Morgan fingerprint density at radius 1 is 1.32 bits per heavy atom. The lowest BCUT2D eigenvalue weighted by Gasteiger charge is -2.28. The molecule has 0 bridgehead atoms. The second-order valence-corrected chi connectivity index (χ2v) is 5.57. The molecule has 2 rings (SSSR count). The molecular formula is C14H27N5. The Morgan fingerprint density at radius 3 is 2.63 bits per heavy atom. The fourth-order valence-corrected chi connectivity index (χ4v) is 3.16. The van der Waals surface area contributed by atoms with Crippen LogP contribution >= 0.6 is 0 Å². The third-order valence-electron chi connectivity index (χ3n) is 4.33. The molecule has 0 aromatic carbocycles. The number of nitrogens with one attached hydrogen (secondary N) is 1. The summed E-state index contributed by atoms with van der Waals surface area (Å²) in [6.07, 6.45) is 11.9. The van der Waals surface area contributed by atoms with E-state index in [1.165, 1.54) is 44.9 Å². The van der Waals surface area contributed by atoms with E-state index in [4.69, 9.17) is 5.84 Å². The van der Waals surface area contributed by atoms with Crippen LogP contribution in [0.1, 0.15) is 57.7 Å². The van der Waals surface area contributed by atoms with E-state index in [1.54, 1.807) is 6.33 Å². The second kappa shape index (κ2) is 7.60. The first-order valence-electron chi connectivity index (χ1n) is 7.68. The molecule has 1 aliphatic rings. The van der Waals surface area contributed by atoms with Crippen LogP contribution in [0.5, 0.6) is 0 Å². The summed E-state index contributed by atoms with van der Waals surface area (Å²) in [5.41, 5.74) is 3.03. The van der Waals surface area contributed by atoms with Crippen LogP contribution in [-0.2, 0) is 13.0 Å². The standard InChI is InChI=1S/C14H27N5/c1-2-19-14(16-11-17-19)10-13(18-15)12-8-6-4-3-5-7-9-12/h11-13,18H,2-10,15H2,1H3. The molecule has 19 heavy (non-hydrogen) atoms. The number of hydrogen-bond donors (Lipinski definition) is 2. The fraction of sp³-hybridized carbons (Fsp3) is 0.857. The summed E-state index contributed by atoms with van der Waals surface area (Å²) in [5, 5.41) is 4.24. The highest BCUT2D eigenvalue weighted by molar-refractivity contribution is 4.92. The third kappa shape index (κ3) is 4.01. The van der Waals surface area contributed by atoms with Crippen LogP contribution in [0.3, 0.4) is 0 Å². The number of rotatable bonds is 5. The van der Waals surface area contributed by atoms with Crippen molar-refractivity contribution in [3.63, 3.8) is 0 Å². The van der Waals surface area contributed by atoms with Gasteiger partial charge in [0, 0.05) is 19.0 Å². The zero-order valence-corrected chi connectivity index (χ0v) is 12.0. The molecule has 1 fully saturated rings. The number of nitrogens with two attached hydrogens (primary N) is 1. The van der Waals surface area contributed by atoms with Gasteiger partial charge in [-0.15, -0.1) is 0 Å². The van der Waals surface area contributed by atoms with Gasteiger partial charge in [0.15, 0.2) is 0 Å². The first-order chi connectivity index (χ1) is 9.35. The number of aromatic nitrogens is 3. The van der Waals surface area contributed by atoms with Crippen molar-refractivity contribution in [1.29, 1.82) is 0 Å². The van der Waals surface area contributed by atoms with E-state index in [0.717, 1.165) is 18.8 Å². The molecule has 5 nitrogen and oxygen atoms in total. The van der Waals surface area contributed by atoms with Crippen molar-refractivity contribution in [2.45, 2.75) is 70.9 Å². The van der Waals surface area contributed by atoms with Crippen molar-refractivity contribution >= 4 is 0 Å². The highest BCUT2D eigenvalue weighted by atomic mass is 15.3. The molecule has 1 unspecified atom stereocenters. The SMILES string of the molecule is CCn1ncnc1CC(NN)C1CCCCCCC1. The summed E-state index contributed by atoms with van der Waals surface area (Å²) in [7, 11) is 0. The summed E-state index contributed by atoms with van der Waals surface area (Å²) in [6.45, 7) is 2.97. The van der Waals surface area contributed by atoms with Crippen LogP contribution in [0, 0.1) is 5.92 Å². The van der Waals surface area contributed by atoms with Gasteiger partial charge in [0.05, 0.1) is 0 Å². The largest absolute Gasteiger partial charge is 0.271 e. The Bertz CT molecular complexity index is 354. The van der Waals surface area contributed by atoms with Crippen molar-refractivity contribution in [2.75, 3.05) is 0 Å². The van der Waals surface area contributed by atoms with Crippen LogP contribution in [0.15, 0.2) is 6.33 Å². The van der Waals surface area contributed by atoms with Gasteiger partial charge in [-0.1, -0.05) is 32.1 Å². The van der Waals surface area contributed by atoms with E-state index in [0.29, 0.717) is 12.0 Å². The zero-order chi connectivity index (χ0) is 13.5. The van der Waals surface area contributed by atoms with E-state index < -0.39 is 0 Å². The van der Waals surface area contributed by atoms with Gasteiger partial charge in [0.25, 0.3) is 0 Å². The molecule has 3 N–H and O–H groups in total. The molecule has 0 amide bonds. The molecule has 0 aliphatic heterocycles. The topological polar surface area (TPSA) is 68.8 Å². The number of aryl methyl sites for hydroxylation is 1. The van der Waals surface area contributed by atoms with Gasteiger partial charge in [-0.3, -0.25) is 16.0 Å². The molecule has 1 heterocycles. The molecule has 5 heteroatoms. The van der Waals surface area contributed by atoms with Crippen molar-refractivity contribution in [3.8, 4) is 0 Å². The molecule has 1 saturated carbocycles. The maximum Gasteiger partial charge on any atom is 0.138 e. The van der Waals surface area contributed by atoms with Gasteiger partial charge in [-0.05, 0) is 25.7 Å². The van der Waals surface area contributed by atoms with E-state index in [-0.39, 0.29) is 0 Å². The predicted octanol–water partition coefficient (Wildman–Crippen LogP) is 2.03. The van der Waals surface area contributed by atoms with Crippen molar-refractivity contribution in [1.82, 2.24) is 20.2 Å². The first-order valence-corrected chi connectivity index (χ1v) is 7.68. The summed E-state index contributed by atoms with van der Waals surface area (Å²) in [6, 6.07) is 0.326. The lowest BCUT2D eigenvalue weighted by molar-refractivity contribution is 0.280. The van der Waals surface area contributed by atoms with Crippen LogP contribution in [0.25, 0.3) is 0 Å². The van der Waals surface area contributed by atoms with Gasteiger partial charge in [-0.2, -0.15) is 5.10 Å². The molecule has 1 aliphatic carbocycles. The highest BCUT2D eigenvalue weighted by Crippen LogP contribution is 2.26. The van der Waals surface area contributed by atoms with Crippen LogP contribution < -0.4 is 11.3 Å². The maximum absolute atomic E-state index is 5.79. The zero-order valence-electron chi connectivity index (χ0n) is 12.0. The lowest BCUT2D eigenvalue weighted by Crippen LogP contribution is -2.43. The predicted molar refractivity (Wildman–Crippen MR) is 76.3 cm³/mol. The van der Waals surface area contributed by atoms with E-state index in [2.05, 4.69) is 22.4 Å². The molecule has 1 aromatic heterocycles. The molecule has 1 aromatic rings. The van der Waals surface area contributed by atoms with Crippen molar-refractivity contribution in [3.05, 3.63) is 12.2 Å². The minimum atomic E-state index is 0.326. The number of hydrogen-bond acceptors (Lipinski definition) is 4. The average Bonchev–Trinajstić information content (AvgIpc) is 2.83. The smallest absolute Gasteiger partial charge is 0.138 e. The molecule has 1 atom stereocenters. The molecular weight excluding hydrogens is 238 g/mol. The summed E-state index contributed by atoms with van der Waals surface area (Å²) < 4.78 is 1.97. The molecule has 0 spiro atoms. The quantitative estimate of drug-likeness (QED) is 0.631. The summed E-state index contributed by atoms with van der Waals surface area (Å²) in [5.74, 6) is 7.52. The van der Waals surface area contributed by atoms with Gasteiger partial charge in [0.1, 0.15) is 12.2 Å². The lowest BCUT2D eigenvalue weighted by atomic mass is 9.84. The monoisotopic (exact) mass is 265 g/mol. The molecule has 108 valence electrons. The molecule has 0 saturated heterocycles. The fourth-order valence-electron chi connectivity index (χ4n) is 3.16. The normalized spacial score (nSPS) is 19.9. The van der Waals surface area contributed by atoms with Gasteiger partial charge in [0.2, 0.25) is 0 Å². The van der Waals surface area contributed by atoms with Crippen LogP contribution in [0.2, 0.25) is 0 Å². The van der Waals surface area contributed by atoms with Gasteiger partial charge in [-0.25, -0.2) is 4.98 Å². The van der Waals surface area contributed by atoms with Gasteiger partial charge >= 0.3 is 0 Å². The minimum Gasteiger partial charge on any atom is -0.271 e. The van der Waals surface area contributed by atoms with Crippen LogP contribution in [-0.4, -0.2) is 20.8 Å².